The SMILES string of the molecule is Cc1ccc(C(=O)OC2(C(=O)SCF)C(C)C[C@H]3[C@@H]4CC(F)C5=CC(=O)C=C[C@]5(C)C4(F)C(O)C[C@@]32C)s1. The molecule has 1 N–H and O–H groups in total. The van der Waals surface area contributed by atoms with Gasteiger partial charge in [0.05, 0.1) is 6.10 Å². The van der Waals surface area contributed by atoms with Crippen LogP contribution in [-0.4, -0.2) is 51.5 Å². The molecule has 1 aromatic rings. The van der Waals surface area contributed by atoms with E-state index in [0.29, 0.717) is 11.8 Å². The van der Waals surface area contributed by atoms with E-state index in [1.54, 1.807) is 26.0 Å². The van der Waals surface area contributed by atoms with Crippen molar-refractivity contribution in [1.29, 1.82) is 0 Å². The molecule has 0 spiro atoms. The molecule has 206 valence electrons. The molecule has 5 nitrogen and oxygen atoms in total. The zero-order chi connectivity index (χ0) is 27.8. The van der Waals surface area contributed by atoms with E-state index in [0.717, 1.165) is 11.0 Å². The molecule has 0 aromatic carbocycles. The van der Waals surface area contributed by atoms with Crippen molar-refractivity contribution >= 4 is 40.0 Å². The third-order valence-electron chi connectivity index (χ3n) is 9.85. The Bertz CT molecular complexity index is 1260. The molecule has 38 heavy (non-hydrogen) atoms. The van der Waals surface area contributed by atoms with E-state index in [4.69, 9.17) is 4.74 Å². The molecular formula is C28H31F3O5S2. The average Bonchev–Trinajstić information content (AvgIpc) is 3.38. The fraction of sp³-hybridized carbons (Fsp3) is 0.607. The lowest BCUT2D eigenvalue weighted by molar-refractivity contribution is -0.221. The Labute approximate surface area is 227 Å². The molecule has 3 saturated carbocycles. The van der Waals surface area contributed by atoms with Gasteiger partial charge in [-0.1, -0.05) is 19.9 Å². The minimum absolute atomic E-state index is 0.00673. The molecule has 4 aliphatic rings. The Hall–Kier alpha value is -1.91. The Morgan fingerprint density at radius 2 is 1.95 bits per heavy atom. The highest BCUT2D eigenvalue weighted by Gasteiger charge is 2.78. The van der Waals surface area contributed by atoms with Crippen LogP contribution in [0.1, 0.15) is 54.6 Å². The van der Waals surface area contributed by atoms with Gasteiger partial charge in [0.1, 0.15) is 17.1 Å². The predicted molar refractivity (Wildman–Crippen MR) is 139 cm³/mol. The number of aryl methyl sites for hydroxylation is 1. The van der Waals surface area contributed by atoms with Gasteiger partial charge in [-0.25, -0.2) is 18.0 Å². The van der Waals surface area contributed by atoms with Gasteiger partial charge < -0.3 is 9.84 Å². The molecule has 10 heteroatoms. The van der Waals surface area contributed by atoms with Crippen molar-refractivity contribution < 1.29 is 37.4 Å². The van der Waals surface area contributed by atoms with Crippen molar-refractivity contribution in [2.75, 3.05) is 6.01 Å². The summed E-state index contributed by atoms with van der Waals surface area (Å²) >= 11 is 1.58. The second-order valence-corrected chi connectivity index (χ2v) is 13.7. The van der Waals surface area contributed by atoms with E-state index >= 15 is 8.78 Å². The summed E-state index contributed by atoms with van der Waals surface area (Å²) < 4.78 is 52.7. The average molecular weight is 569 g/mol. The zero-order valence-electron chi connectivity index (χ0n) is 21.6. The summed E-state index contributed by atoms with van der Waals surface area (Å²) in [4.78, 5) is 40.2. The molecule has 0 bridgehead atoms. The van der Waals surface area contributed by atoms with Gasteiger partial charge >= 0.3 is 5.97 Å². The minimum Gasteiger partial charge on any atom is -0.445 e. The van der Waals surface area contributed by atoms with Crippen LogP contribution in [0, 0.1) is 35.5 Å². The number of fused-ring (bicyclic) bond motifs is 5. The first-order valence-electron chi connectivity index (χ1n) is 12.8. The van der Waals surface area contributed by atoms with Gasteiger partial charge in [0.25, 0.3) is 0 Å². The highest BCUT2D eigenvalue weighted by atomic mass is 32.2. The number of ketones is 1. The summed E-state index contributed by atoms with van der Waals surface area (Å²) in [6.07, 6.45) is 0.0558. The molecule has 4 aliphatic carbocycles. The van der Waals surface area contributed by atoms with Crippen LogP contribution in [0.3, 0.4) is 0 Å². The number of thioether (sulfide) groups is 1. The third kappa shape index (κ3) is 3.45. The van der Waals surface area contributed by atoms with Gasteiger partial charge in [-0.3, -0.25) is 9.59 Å². The van der Waals surface area contributed by atoms with E-state index < -0.39 is 75.0 Å². The fourth-order valence-corrected chi connectivity index (χ4v) is 9.65. The lowest BCUT2D eigenvalue weighted by Gasteiger charge is -2.63. The number of thiophene rings is 1. The van der Waals surface area contributed by atoms with Crippen LogP contribution in [0.5, 0.6) is 0 Å². The summed E-state index contributed by atoms with van der Waals surface area (Å²) in [5.41, 5.74) is -7.04. The number of hydrogen-bond acceptors (Lipinski definition) is 7. The summed E-state index contributed by atoms with van der Waals surface area (Å²) in [6, 6.07) is 2.29. The first kappa shape index (κ1) is 27.6. The van der Waals surface area contributed by atoms with Crippen LogP contribution in [0.4, 0.5) is 13.2 Å². The second-order valence-electron chi connectivity index (χ2n) is 11.6. The number of aliphatic hydroxyl groups excluding tert-OH is 1. The van der Waals surface area contributed by atoms with E-state index in [2.05, 4.69) is 0 Å². The molecule has 0 radical (unpaired) electrons. The summed E-state index contributed by atoms with van der Waals surface area (Å²) in [5, 5.41) is 10.8. The number of allylic oxidation sites excluding steroid dienone is 4. The largest absolute Gasteiger partial charge is 0.445 e. The van der Waals surface area contributed by atoms with E-state index in [1.807, 2.05) is 6.92 Å². The smallest absolute Gasteiger partial charge is 0.349 e. The topological polar surface area (TPSA) is 80.7 Å². The van der Waals surface area contributed by atoms with Gasteiger partial charge in [-0.2, -0.15) is 0 Å². The second kappa shape index (κ2) is 9.06. The van der Waals surface area contributed by atoms with Crippen LogP contribution >= 0.6 is 23.1 Å². The highest BCUT2D eigenvalue weighted by molar-refractivity contribution is 8.13. The van der Waals surface area contributed by atoms with Crippen LogP contribution in [-0.2, 0) is 14.3 Å². The number of hydrogen-bond donors (Lipinski definition) is 1. The molecule has 0 aliphatic heterocycles. The van der Waals surface area contributed by atoms with Gasteiger partial charge in [-0.05, 0) is 80.6 Å². The molecule has 5 rings (SSSR count). The van der Waals surface area contributed by atoms with Crippen LogP contribution in [0.25, 0.3) is 0 Å². The minimum atomic E-state index is -2.33. The van der Waals surface area contributed by atoms with Gasteiger partial charge in [0.15, 0.2) is 17.1 Å². The number of alkyl halides is 3. The number of aliphatic hydroxyl groups is 1. The molecule has 9 atom stereocenters. The standard InChI is InChI=1S/C28H31F3O5S2/c1-14-9-17-18-11-20(30)19-10-16(32)7-8-25(19,3)27(18,31)22(33)12-26(17,4)28(14,24(35)37-13-29)36-23(34)21-6-5-15(2)38-21/h5-8,10,14,17-18,20,22,33H,9,11-13H2,1-4H3/t14?,17-,18-,20?,22?,25-,26-,27?,28?/m0/s1. The number of carbonyl (C=O) groups excluding carboxylic acids is 3. The lowest BCUT2D eigenvalue weighted by Crippen LogP contribution is -2.70. The maximum atomic E-state index is 17.4. The number of carbonyl (C=O) groups is 3. The van der Waals surface area contributed by atoms with Gasteiger partial charge in [0, 0.05) is 27.5 Å². The van der Waals surface area contributed by atoms with E-state index in [1.165, 1.54) is 30.4 Å². The molecule has 0 saturated heterocycles. The molecular weight excluding hydrogens is 537 g/mol. The van der Waals surface area contributed by atoms with Crippen molar-refractivity contribution in [3.63, 3.8) is 0 Å². The molecule has 3 fully saturated rings. The molecule has 5 unspecified atom stereocenters. The maximum Gasteiger partial charge on any atom is 0.349 e. The Balaban J connectivity index is 1.63. The van der Waals surface area contributed by atoms with Crippen LogP contribution in [0.2, 0.25) is 0 Å². The first-order valence-corrected chi connectivity index (χ1v) is 14.6. The van der Waals surface area contributed by atoms with E-state index in [-0.39, 0.29) is 29.7 Å². The van der Waals surface area contributed by atoms with Crippen molar-refractivity contribution in [2.24, 2.45) is 28.6 Å². The van der Waals surface area contributed by atoms with Crippen LogP contribution < -0.4 is 0 Å². The molecule has 1 aromatic heterocycles. The van der Waals surface area contributed by atoms with Crippen molar-refractivity contribution in [1.82, 2.24) is 0 Å². The summed E-state index contributed by atoms with van der Waals surface area (Å²) in [7, 11) is 0. The van der Waals surface area contributed by atoms with E-state index in [9.17, 15) is 23.9 Å². The quantitative estimate of drug-likeness (QED) is 0.469. The van der Waals surface area contributed by atoms with Crippen molar-refractivity contribution in [3.8, 4) is 0 Å². The van der Waals surface area contributed by atoms with Crippen LogP contribution in [0.15, 0.2) is 35.9 Å². The fourth-order valence-electron chi connectivity index (χ4n) is 8.12. The Morgan fingerprint density at radius 3 is 2.58 bits per heavy atom. The lowest BCUT2D eigenvalue weighted by atomic mass is 9.44. The third-order valence-corrected chi connectivity index (χ3v) is 11.5. The van der Waals surface area contributed by atoms with Crippen molar-refractivity contribution in [3.05, 3.63) is 45.7 Å². The molecule has 1 heterocycles. The number of halogens is 3. The Morgan fingerprint density at radius 1 is 1.24 bits per heavy atom. The number of rotatable bonds is 4. The maximum absolute atomic E-state index is 17.4. The number of ether oxygens (including phenoxy) is 1. The molecule has 0 amide bonds. The Kier molecular flexibility index (Phi) is 6.59. The summed E-state index contributed by atoms with van der Waals surface area (Å²) in [5.74, 6) is -3.52. The monoisotopic (exact) mass is 568 g/mol. The van der Waals surface area contributed by atoms with Gasteiger partial charge in [-0.15, -0.1) is 11.3 Å². The van der Waals surface area contributed by atoms with Gasteiger partial charge in [0.2, 0.25) is 5.12 Å². The van der Waals surface area contributed by atoms with Crippen molar-refractivity contribution in [2.45, 2.75) is 70.5 Å². The highest BCUT2D eigenvalue weighted by Crippen LogP contribution is 2.72. The number of esters is 1. The normalized spacial score (nSPS) is 43.6. The summed E-state index contributed by atoms with van der Waals surface area (Å²) in [6.45, 7) is 6.71. The predicted octanol–water partition coefficient (Wildman–Crippen LogP) is 5.70. The zero-order valence-corrected chi connectivity index (χ0v) is 23.3. The first-order chi connectivity index (χ1) is 17.8.